The molecule has 3 heteroatoms. The molecule has 0 saturated heterocycles. The van der Waals surface area contributed by atoms with E-state index in [1.165, 1.54) is 24.0 Å². The van der Waals surface area contributed by atoms with E-state index in [0.717, 1.165) is 16.9 Å². The van der Waals surface area contributed by atoms with Crippen molar-refractivity contribution in [3.05, 3.63) is 64.2 Å². The van der Waals surface area contributed by atoms with Crippen LogP contribution in [-0.4, -0.2) is 12.6 Å². The zero-order chi connectivity index (χ0) is 17.1. The molecule has 2 aromatic carbocycles. The second-order valence-corrected chi connectivity index (χ2v) is 6.43. The van der Waals surface area contributed by atoms with Crippen LogP contribution in [0.1, 0.15) is 58.3 Å². The lowest BCUT2D eigenvalue weighted by Gasteiger charge is -2.16. The zero-order valence-electron chi connectivity index (χ0n) is 14.6. The molecule has 1 saturated carbocycles. The summed E-state index contributed by atoms with van der Waals surface area (Å²) < 4.78 is 11.3. The molecular formula is C21H24O3. The van der Waals surface area contributed by atoms with Crippen LogP contribution in [0.2, 0.25) is 0 Å². The van der Waals surface area contributed by atoms with Gasteiger partial charge in [-0.1, -0.05) is 29.8 Å². The van der Waals surface area contributed by atoms with Crippen molar-refractivity contribution in [1.29, 1.82) is 0 Å². The van der Waals surface area contributed by atoms with Crippen molar-refractivity contribution in [3.63, 3.8) is 0 Å². The van der Waals surface area contributed by atoms with Crippen LogP contribution in [0.15, 0.2) is 36.4 Å². The van der Waals surface area contributed by atoms with E-state index in [-0.39, 0.29) is 5.97 Å². The second-order valence-electron chi connectivity index (χ2n) is 6.43. The van der Waals surface area contributed by atoms with Crippen molar-refractivity contribution < 1.29 is 14.3 Å². The van der Waals surface area contributed by atoms with Gasteiger partial charge in [-0.05, 0) is 62.8 Å². The van der Waals surface area contributed by atoms with Crippen LogP contribution in [-0.2, 0) is 11.3 Å². The van der Waals surface area contributed by atoms with E-state index < -0.39 is 0 Å². The summed E-state index contributed by atoms with van der Waals surface area (Å²) in [6.45, 7) is 6.71. The van der Waals surface area contributed by atoms with Gasteiger partial charge in [-0.2, -0.15) is 0 Å². The fraction of sp³-hybridized carbons (Fsp3) is 0.381. The van der Waals surface area contributed by atoms with E-state index in [0.29, 0.717) is 24.7 Å². The van der Waals surface area contributed by atoms with Gasteiger partial charge in [-0.25, -0.2) is 4.79 Å². The van der Waals surface area contributed by atoms with Crippen molar-refractivity contribution in [1.82, 2.24) is 0 Å². The van der Waals surface area contributed by atoms with E-state index >= 15 is 0 Å². The van der Waals surface area contributed by atoms with Crippen LogP contribution in [0.5, 0.6) is 5.75 Å². The third-order valence-corrected chi connectivity index (χ3v) is 4.43. The molecule has 0 atom stereocenters. The average Bonchev–Trinajstić information content (AvgIpc) is 3.39. The molecule has 126 valence electrons. The predicted octanol–water partition coefficient (Wildman–Crippen LogP) is 4.94. The molecule has 0 aliphatic heterocycles. The molecule has 3 nitrogen and oxygen atoms in total. The molecule has 2 aromatic rings. The maximum Gasteiger partial charge on any atom is 0.338 e. The van der Waals surface area contributed by atoms with Gasteiger partial charge in [0.25, 0.3) is 0 Å². The number of carbonyl (C=O) groups is 1. The predicted molar refractivity (Wildman–Crippen MR) is 94.6 cm³/mol. The van der Waals surface area contributed by atoms with Crippen LogP contribution >= 0.6 is 0 Å². The van der Waals surface area contributed by atoms with Crippen LogP contribution in [0.4, 0.5) is 0 Å². The molecule has 0 bridgehead atoms. The van der Waals surface area contributed by atoms with Gasteiger partial charge in [0.2, 0.25) is 0 Å². The maximum absolute atomic E-state index is 12.3. The first-order chi connectivity index (χ1) is 11.6. The number of ether oxygens (including phenoxy) is 2. The lowest BCUT2D eigenvalue weighted by Crippen LogP contribution is -2.12. The molecule has 0 N–H and O–H groups in total. The van der Waals surface area contributed by atoms with Crippen molar-refractivity contribution in [2.45, 2.75) is 46.1 Å². The topological polar surface area (TPSA) is 35.5 Å². The molecule has 0 aromatic heterocycles. The summed E-state index contributed by atoms with van der Waals surface area (Å²) in [6, 6.07) is 12.0. The summed E-state index contributed by atoms with van der Waals surface area (Å²) in [5, 5.41) is 0. The summed E-state index contributed by atoms with van der Waals surface area (Å²) in [7, 11) is 0. The summed E-state index contributed by atoms with van der Waals surface area (Å²) in [5.74, 6) is 1.15. The number of benzene rings is 2. The minimum Gasteiger partial charge on any atom is -0.489 e. The minimum atomic E-state index is -0.265. The fourth-order valence-electron chi connectivity index (χ4n) is 3.05. The Labute approximate surface area is 143 Å². The average molecular weight is 324 g/mol. The summed E-state index contributed by atoms with van der Waals surface area (Å²) in [4.78, 5) is 12.3. The highest BCUT2D eigenvalue weighted by molar-refractivity contribution is 5.91. The lowest BCUT2D eigenvalue weighted by molar-refractivity contribution is 0.0523. The molecule has 1 fully saturated rings. The van der Waals surface area contributed by atoms with Crippen LogP contribution in [0.3, 0.4) is 0 Å². The van der Waals surface area contributed by atoms with Gasteiger partial charge >= 0.3 is 5.97 Å². The Balaban J connectivity index is 1.88. The number of rotatable bonds is 6. The maximum atomic E-state index is 12.3. The van der Waals surface area contributed by atoms with E-state index in [4.69, 9.17) is 9.47 Å². The second kappa shape index (κ2) is 7.08. The Hall–Kier alpha value is -2.29. The van der Waals surface area contributed by atoms with Gasteiger partial charge in [0.15, 0.2) is 0 Å². The number of esters is 1. The first-order valence-electron chi connectivity index (χ1n) is 8.59. The third-order valence-electron chi connectivity index (χ3n) is 4.43. The summed E-state index contributed by atoms with van der Waals surface area (Å²) in [5.41, 5.74) is 5.15. The first kappa shape index (κ1) is 16.6. The number of carbonyl (C=O) groups excluding carboxylic acids is 1. The Morgan fingerprint density at radius 1 is 1.17 bits per heavy atom. The standard InChI is InChI=1S/C21H24O3/c1-4-23-21(22)18-7-5-6-17(16-9-10-16)19(18)13-24-20-11-8-14(2)12-15(20)3/h5-8,11-12,16H,4,9-10,13H2,1-3H3. The highest BCUT2D eigenvalue weighted by atomic mass is 16.5. The highest BCUT2D eigenvalue weighted by Crippen LogP contribution is 2.42. The smallest absolute Gasteiger partial charge is 0.338 e. The lowest BCUT2D eigenvalue weighted by atomic mass is 9.98. The van der Waals surface area contributed by atoms with Gasteiger partial charge < -0.3 is 9.47 Å². The van der Waals surface area contributed by atoms with E-state index in [2.05, 4.69) is 19.1 Å². The van der Waals surface area contributed by atoms with Crippen LogP contribution in [0, 0.1) is 13.8 Å². The van der Waals surface area contributed by atoms with Crippen molar-refractivity contribution >= 4 is 5.97 Å². The number of hydrogen-bond acceptors (Lipinski definition) is 3. The quantitative estimate of drug-likeness (QED) is 0.706. The van der Waals surface area contributed by atoms with Gasteiger partial charge in [-0.15, -0.1) is 0 Å². The highest BCUT2D eigenvalue weighted by Gasteiger charge is 2.28. The third kappa shape index (κ3) is 3.61. The minimum absolute atomic E-state index is 0.265. The molecule has 0 heterocycles. The Morgan fingerprint density at radius 2 is 1.96 bits per heavy atom. The first-order valence-corrected chi connectivity index (χ1v) is 8.59. The summed E-state index contributed by atoms with van der Waals surface area (Å²) in [6.07, 6.45) is 2.37. The molecule has 0 amide bonds. The van der Waals surface area contributed by atoms with Gasteiger partial charge in [0.05, 0.1) is 12.2 Å². The van der Waals surface area contributed by atoms with Crippen molar-refractivity contribution in [2.75, 3.05) is 6.61 Å². The van der Waals surface area contributed by atoms with Gasteiger partial charge in [0, 0.05) is 5.56 Å². The normalized spacial score (nSPS) is 13.6. The molecule has 0 unspecified atom stereocenters. The van der Waals surface area contributed by atoms with E-state index in [1.807, 2.05) is 38.1 Å². The van der Waals surface area contributed by atoms with Crippen LogP contribution < -0.4 is 4.74 Å². The SMILES string of the molecule is CCOC(=O)c1cccc(C2CC2)c1COc1ccc(C)cc1C. The largest absolute Gasteiger partial charge is 0.489 e. The van der Waals surface area contributed by atoms with Gasteiger partial charge in [0.1, 0.15) is 12.4 Å². The zero-order valence-corrected chi connectivity index (χ0v) is 14.6. The monoisotopic (exact) mass is 324 g/mol. The van der Waals surface area contributed by atoms with E-state index in [9.17, 15) is 4.79 Å². The van der Waals surface area contributed by atoms with E-state index in [1.54, 1.807) is 0 Å². The fourth-order valence-corrected chi connectivity index (χ4v) is 3.05. The molecule has 24 heavy (non-hydrogen) atoms. The molecule has 0 radical (unpaired) electrons. The van der Waals surface area contributed by atoms with Crippen molar-refractivity contribution in [2.24, 2.45) is 0 Å². The number of hydrogen-bond donors (Lipinski definition) is 0. The summed E-state index contributed by atoms with van der Waals surface area (Å²) >= 11 is 0. The molecule has 0 spiro atoms. The van der Waals surface area contributed by atoms with Crippen molar-refractivity contribution in [3.8, 4) is 5.75 Å². The Morgan fingerprint density at radius 3 is 2.62 bits per heavy atom. The van der Waals surface area contributed by atoms with Gasteiger partial charge in [-0.3, -0.25) is 0 Å². The molecule has 1 aliphatic rings. The number of aryl methyl sites for hydroxylation is 2. The Kier molecular flexibility index (Phi) is 4.89. The van der Waals surface area contributed by atoms with Crippen LogP contribution in [0.25, 0.3) is 0 Å². The molecule has 3 rings (SSSR count). The molecular weight excluding hydrogens is 300 g/mol. The molecule has 1 aliphatic carbocycles. The Bertz CT molecular complexity index is 745.